The quantitative estimate of drug-likeness (QED) is 0.821. The van der Waals surface area contributed by atoms with Crippen LogP contribution in [0.15, 0.2) is 54.6 Å². The van der Waals surface area contributed by atoms with Gasteiger partial charge in [0.15, 0.2) is 0 Å². The lowest BCUT2D eigenvalue weighted by Gasteiger charge is -2.16. The summed E-state index contributed by atoms with van der Waals surface area (Å²) in [5, 5.41) is 2.68. The molecular weight excluding hydrogens is 338 g/mol. The fourth-order valence-corrected chi connectivity index (χ4v) is 2.11. The Labute approximate surface area is 142 Å². The van der Waals surface area contributed by atoms with Crippen molar-refractivity contribution in [2.24, 2.45) is 0 Å². The number of halogens is 4. The first kappa shape index (κ1) is 18.8. The molecule has 0 bridgehead atoms. The van der Waals surface area contributed by atoms with Gasteiger partial charge < -0.3 is 10.1 Å². The van der Waals surface area contributed by atoms with Crippen LogP contribution in [0.3, 0.4) is 0 Å². The number of nitrogens with one attached hydrogen (secondary N) is 1. The second-order valence-electron chi connectivity index (χ2n) is 5.31. The number of hydrogen-bond acceptors (Lipinski definition) is 2. The van der Waals surface area contributed by atoms with Gasteiger partial charge in [-0.2, -0.15) is 17.6 Å². The van der Waals surface area contributed by atoms with Gasteiger partial charge in [0.1, 0.15) is 5.75 Å². The summed E-state index contributed by atoms with van der Waals surface area (Å²) < 4.78 is 53.3. The first-order valence-corrected chi connectivity index (χ1v) is 7.65. The molecule has 25 heavy (non-hydrogen) atoms. The summed E-state index contributed by atoms with van der Waals surface area (Å²) in [4.78, 5) is 10.1. The minimum absolute atomic E-state index is 0.204. The summed E-state index contributed by atoms with van der Waals surface area (Å²) in [6, 6.07) is 14.8. The van der Waals surface area contributed by atoms with Crippen LogP contribution in [0.5, 0.6) is 5.75 Å². The number of carbonyl (C=O) groups is 1. The van der Waals surface area contributed by atoms with Gasteiger partial charge in [0.25, 0.3) is 0 Å². The average Bonchev–Trinajstić information content (AvgIpc) is 3.07. The van der Waals surface area contributed by atoms with Gasteiger partial charge >= 0.3 is 12.5 Å². The van der Waals surface area contributed by atoms with Gasteiger partial charge in [-0.1, -0.05) is 42.5 Å². The maximum atomic E-state index is 12.7. The van der Waals surface area contributed by atoms with E-state index in [1.807, 2.05) is 30.3 Å². The lowest BCUT2D eigenvalue weighted by atomic mass is 10.1. The Kier molecular flexibility index (Phi) is 6.38. The topological polar surface area (TPSA) is 38.3 Å². The van der Waals surface area contributed by atoms with Crippen LogP contribution in [-0.2, 0) is 4.79 Å². The lowest BCUT2D eigenvalue weighted by Crippen LogP contribution is -2.33. The maximum absolute atomic E-state index is 12.7. The molecule has 2 aromatic carbocycles. The van der Waals surface area contributed by atoms with E-state index >= 15 is 0 Å². The Morgan fingerprint density at radius 1 is 0.960 bits per heavy atom. The first-order valence-electron chi connectivity index (χ1n) is 7.65. The van der Waals surface area contributed by atoms with Crippen LogP contribution >= 0.6 is 0 Å². The van der Waals surface area contributed by atoms with Crippen molar-refractivity contribution in [2.45, 2.75) is 25.4 Å². The predicted molar refractivity (Wildman–Crippen MR) is 85.7 cm³/mol. The van der Waals surface area contributed by atoms with E-state index < -0.39 is 12.5 Å². The highest BCUT2D eigenvalue weighted by molar-refractivity contribution is 5.77. The molecule has 0 saturated carbocycles. The van der Waals surface area contributed by atoms with Crippen molar-refractivity contribution >= 4 is 5.91 Å². The number of ether oxygens (including phenoxy) is 1. The molecule has 0 unspecified atom stereocenters. The summed E-state index contributed by atoms with van der Waals surface area (Å²) >= 11 is 0. The SMILES string of the molecule is FC(F)C(F)(F)Oc1ccc(-c2ccccc2)cc1.O=C1CCCN1. The average molecular weight is 355 g/mol. The summed E-state index contributed by atoms with van der Waals surface area (Å²) in [5.74, 6) is -0.0972. The van der Waals surface area contributed by atoms with E-state index in [9.17, 15) is 22.4 Å². The van der Waals surface area contributed by atoms with Gasteiger partial charge in [-0.05, 0) is 29.7 Å². The normalized spacial score (nSPS) is 13.9. The number of carbonyl (C=O) groups excluding carboxylic acids is 1. The van der Waals surface area contributed by atoms with Crippen LogP contribution in [-0.4, -0.2) is 25.0 Å². The minimum atomic E-state index is -4.48. The van der Waals surface area contributed by atoms with Crippen molar-refractivity contribution < 1.29 is 27.1 Å². The first-order chi connectivity index (χ1) is 11.9. The van der Waals surface area contributed by atoms with Gasteiger partial charge in [0, 0.05) is 13.0 Å². The van der Waals surface area contributed by atoms with Crippen LogP contribution in [0, 0.1) is 0 Å². The minimum Gasteiger partial charge on any atom is -0.428 e. The van der Waals surface area contributed by atoms with E-state index in [0.29, 0.717) is 0 Å². The monoisotopic (exact) mass is 355 g/mol. The molecule has 0 aromatic heterocycles. The standard InChI is InChI=1S/C14H10F4O.C4H7NO/c15-13(16)14(17,18)19-12-8-6-11(7-9-12)10-4-2-1-3-5-10;6-4-2-1-3-5-4/h1-9,13H;1-3H2,(H,5,6). The fourth-order valence-electron chi connectivity index (χ4n) is 2.11. The smallest absolute Gasteiger partial charge is 0.428 e. The highest BCUT2D eigenvalue weighted by Gasteiger charge is 2.43. The zero-order valence-corrected chi connectivity index (χ0v) is 13.2. The van der Waals surface area contributed by atoms with Crippen LogP contribution in [0.1, 0.15) is 12.8 Å². The van der Waals surface area contributed by atoms with Crippen LogP contribution < -0.4 is 10.1 Å². The highest BCUT2D eigenvalue weighted by Crippen LogP contribution is 2.29. The Bertz CT molecular complexity index is 667. The van der Waals surface area contributed by atoms with E-state index in [4.69, 9.17) is 0 Å². The predicted octanol–water partition coefficient (Wildman–Crippen LogP) is 4.49. The Morgan fingerprint density at radius 2 is 1.56 bits per heavy atom. The fraction of sp³-hybridized carbons (Fsp3) is 0.278. The zero-order valence-electron chi connectivity index (χ0n) is 13.2. The molecule has 134 valence electrons. The van der Waals surface area contributed by atoms with Gasteiger partial charge in [0.2, 0.25) is 5.91 Å². The Hall–Kier alpha value is -2.57. The molecular formula is C18H17F4NO2. The molecule has 0 spiro atoms. The van der Waals surface area contributed by atoms with Gasteiger partial charge in [-0.25, -0.2) is 0 Å². The van der Waals surface area contributed by atoms with Crippen molar-refractivity contribution in [1.82, 2.24) is 5.32 Å². The summed E-state index contributed by atoms with van der Waals surface area (Å²) in [7, 11) is 0. The van der Waals surface area contributed by atoms with Gasteiger partial charge in [0.05, 0.1) is 0 Å². The third-order valence-corrected chi connectivity index (χ3v) is 3.37. The number of hydrogen-bond donors (Lipinski definition) is 1. The molecule has 0 aliphatic carbocycles. The van der Waals surface area contributed by atoms with Crippen molar-refractivity contribution in [3.8, 4) is 16.9 Å². The van der Waals surface area contributed by atoms with Crippen molar-refractivity contribution in [2.75, 3.05) is 6.54 Å². The number of benzene rings is 2. The largest absolute Gasteiger partial charge is 0.461 e. The zero-order chi connectivity index (χ0) is 18.3. The Morgan fingerprint density at radius 3 is 2.00 bits per heavy atom. The second-order valence-corrected chi connectivity index (χ2v) is 5.31. The van der Waals surface area contributed by atoms with Gasteiger partial charge in [-0.15, -0.1) is 0 Å². The van der Waals surface area contributed by atoms with E-state index in [-0.39, 0.29) is 11.7 Å². The lowest BCUT2D eigenvalue weighted by molar-refractivity contribution is -0.253. The van der Waals surface area contributed by atoms with Crippen molar-refractivity contribution in [3.05, 3.63) is 54.6 Å². The molecule has 0 radical (unpaired) electrons. The molecule has 1 fully saturated rings. The van der Waals surface area contributed by atoms with Crippen LogP contribution in [0.25, 0.3) is 11.1 Å². The maximum Gasteiger partial charge on any atom is 0.461 e. The molecule has 1 saturated heterocycles. The van der Waals surface area contributed by atoms with Gasteiger partial charge in [-0.3, -0.25) is 4.79 Å². The van der Waals surface area contributed by atoms with Crippen molar-refractivity contribution in [3.63, 3.8) is 0 Å². The number of alkyl halides is 4. The highest BCUT2D eigenvalue weighted by atomic mass is 19.3. The van der Waals surface area contributed by atoms with E-state index in [2.05, 4.69) is 10.1 Å². The van der Waals surface area contributed by atoms with Crippen LogP contribution in [0.2, 0.25) is 0 Å². The second kappa shape index (κ2) is 8.50. The molecule has 1 amide bonds. The number of rotatable bonds is 4. The summed E-state index contributed by atoms with van der Waals surface area (Å²) in [6.45, 7) is 0.888. The van der Waals surface area contributed by atoms with E-state index in [0.717, 1.165) is 30.5 Å². The third-order valence-electron chi connectivity index (χ3n) is 3.37. The molecule has 1 aliphatic heterocycles. The molecule has 1 N–H and O–H groups in total. The molecule has 1 heterocycles. The Balaban J connectivity index is 0.000000316. The molecule has 2 aromatic rings. The molecule has 0 atom stereocenters. The summed E-state index contributed by atoms with van der Waals surface area (Å²) in [5.41, 5.74) is 1.68. The van der Waals surface area contributed by atoms with E-state index in [1.54, 1.807) is 0 Å². The molecule has 1 aliphatic rings. The van der Waals surface area contributed by atoms with Crippen molar-refractivity contribution in [1.29, 1.82) is 0 Å². The molecule has 3 nitrogen and oxygen atoms in total. The number of amides is 1. The van der Waals surface area contributed by atoms with Crippen LogP contribution in [0.4, 0.5) is 17.6 Å². The summed E-state index contributed by atoms with van der Waals surface area (Å²) in [6.07, 6.45) is -6.58. The molecule has 7 heteroatoms. The van der Waals surface area contributed by atoms with E-state index in [1.165, 1.54) is 24.3 Å². The third kappa shape index (κ3) is 5.77. The molecule has 3 rings (SSSR count).